The van der Waals surface area contributed by atoms with Crippen LogP contribution in [0, 0.1) is 38.0 Å². The van der Waals surface area contributed by atoms with E-state index in [1.54, 1.807) is 73.6 Å². The Morgan fingerprint density at radius 3 is 1.15 bits per heavy atom. The Hall–Kier alpha value is -7.79. The summed E-state index contributed by atoms with van der Waals surface area (Å²) in [5.41, 5.74) is 20.0. The van der Waals surface area contributed by atoms with Gasteiger partial charge in [0.05, 0.1) is 21.9 Å². The van der Waals surface area contributed by atoms with E-state index in [-0.39, 0.29) is 28.1 Å². The van der Waals surface area contributed by atoms with Crippen LogP contribution in [0.15, 0.2) is 283 Å². The van der Waals surface area contributed by atoms with Crippen molar-refractivity contribution in [1.29, 1.82) is 0 Å². The van der Waals surface area contributed by atoms with Crippen LogP contribution < -0.4 is 43.3 Å². The Balaban J connectivity index is 0.000000145. The minimum Gasteiger partial charge on any atom is -0.0622 e. The summed E-state index contributed by atoms with van der Waals surface area (Å²) in [5, 5.41) is 27.8. The Bertz CT molecular complexity index is 4810. The van der Waals surface area contributed by atoms with Gasteiger partial charge in [-0.2, -0.15) is 0 Å². The van der Waals surface area contributed by atoms with Crippen molar-refractivity contribution < 1.29 is 38.2 Å². The summed E-state index contributed by atoms with van der Waals surface area (Å²) >= 11 is 12.9. The molecule has 22 heteroatoms. The van der Waals surface area contributed by atoms with E-state index >= 15 is 0 Å². The van der Waals surface area contributed by atoms with Crippen LogP contribution in [0.4, 0.5) is 11.6 Å². The first-order valence-corrected chi connectivity index (χ1v) is 45.4. The molecule has 0 spiro atoms. The zero-order chi connectivity index (χ0) is 74.6. The molecule has 2 aliphatic rings. The van der Waals surface area contributed by atoms with Gasteiger partial charge in [-0.15, -0.1) is 49.5 Å². The molecule has 542 valence electrons. The fourth-order valence-electron chi connectivity index (χ4n) is 11.5. The van der Waals surface area contributed by atoms with Gasteiger partial charge in [0.1, 0.15) is 45.5 Å². The van der Waals surface area contributed by atoms with E-state index in [0.29, 0.717) is 24.8 Å². The smallest absolute Gasteiger partial charge is 0.0134 e. The van der Waals surface area contributed by atoms with Crippen molar-refractivity contribution in [3.8, 4) is 34.2 Å². The van der Waals surface area contributed by atoms with Gasteiger partial charge in [-0.1, -0.05) is 260 Å². The predicted molar refractivity (Wildman–Crippen MR) is 448 cm³/mol. The summed E-state index contributed by atoms with van der Waals surface area (Å²) in [4.78, 5) is 8.94. The molecular formula is C84H73BrCl2CuIN10O2P2PdS2. The summed E-state index contributed by atoms with van der Waals surface area (Å²) in [7, 11) is 8.74. The van der Waals surface area contributed by atoms with E-state index in [0.717, 1.165) is 66.5 Å². The fourth-order valence-corrected chi connectivity index (χ4v) is 19.3. The quantitative estimate of drug-likeness (QED) is 0.0584. The number of halogens is 4. The number of terminal acetylenes is 1. The first-order chi connectivity index (χ1) is 51.9. The number of pyridine rings is 2. The van der Waals surface area contributed by atoms with Gasteiger partial charge in [-0.25, -0.2) is 9.97 Å². The molecule has 0 unspecified atom stereocenters. The van der Waals surface area contributed by atoms with Crippen LogP contribution in [0.5, 0.6) is 0 Å². The molecule has 12 nitrogen and oxygen atoms in total. The molecule has 0 fully saturated rings. The van der Waals surface area contributed by atoms with E-state index in [4.69, 9.17) is 46.4 Å². The van der Waals surface area contributed by atoms with Crippen molar-refractivity contribution in [2.75, 3.05) is 11.5 Å². The largest absolute Gasteiger partial charge is 0.0622 e. The molecule has 0 radical (unpaired) electrons. The van der Waals surface area contributed by atoms with Crippen molar-refractivity contribution in [2.24, 2.45) is 0 Å². The van der Waals surface area contributed by atoms with E-state index in [9.17, 15) is 0 Å². The van der Waals surface area contributed by atoms with Crippen LogP contribution in [0.3, 0.4) is 0 Å². The molecule has 14 aromatic rings. The number of fused-ring (bicyclic) bond motifs is 6. The molecule has 0 aliphatic carbocycles. The van der Waals surface area contributed by atoms with Crippen LogP contribution in [0.25, 0.3) is 10.0 Å². The molecule has 16 rings (SSSR count). The topological polar surface area (TPSA) is 158 Å². The molecule has 0 saturated heterocycles. The van der Waals surface area contributed by atoms with Crippen molar-refractivity contribution in [3.05, 3.63) is 356 Å². The maximum Gasteiger partial charge on any atom is -0.0134 e. The third-order valence-corrected chi connectivity index (χ3v) is 24.6. The third-order valence-electron chi connectivity index (χ3n) is 16.5. The van der Waals surface area contributed by atoms with Crippen LogP contribution >= 0.6 is 93.8 Å². The molecule has 0 amide bonds. The number of nitrogens with two attached hydrogens (primary N) is 2. The van der Waals surface area contributed by atoms with Gasteiger partial charge in [0, 0.05) is 34.6 Å². The number of aryl methyl sites for hydroxylation is 2. The van der Waals surface area contributed by atoms with Crippen molar-refractivity contribution in [3.63, 3.8) is 0 Å². The molecule has 2 atom stereocenters. The average molecular weight is 1830 g/mol. The van der Waals surface area contributed by atoms with Gasteiger partial charge in [-0.3, -0.25) is 9.13 Å². The van der Waals surface area contributed by atoms with Crippen LogP contribution in [0.1, 0.15) is 98.7 Å². The van der Waals surface area contributed by atoms with Gasteiger partial charge in [-0.05, 0) is 151 Å². The number of nitrogens with zero attached hydrogens (tertiary/aromatic N) is 8. The second kappa shape index (κ2) is 42.1. The van der Waals surface area contributed by atoms with Crippen molar-refractivity contribution in [1.82, 2.24) is 39.5 Å². The van der Waals surface area contributed by atoms with E-state index in [2.05, 4.69) is 316 Å². The zero-order valence-electron chi connectivity index (χ0n) is 58.0. The molecule has 8 heterocycles. The molecule has 4 N–H and O–H groups in total. The summed E-state index contributed by atoms with van der Waals surface area (Å²) in [6, 6.07) is 92.7. The maximum atomic E-state index is 6.15. The standard InChI is InChI=1S/C24H21N5OS.2C18H15P.C17H16BrN3OS.C7H6N2.2ClH.Cu.HI.Pd/c1-15-23-28-27-16(2)29(23)24-20(14-30-15)19(12-17-6-4-3-5-7-17)21(31-24)10-8-18-9-11-22(25)26-13-18;2*1-4-10-16(11-5-1)19(17-12-6-2-7-13-17)18-14-8-3-9-15-18;1-10-16-20-19-11(2)21(16)17-14(9-22-10)13(15(18)23-17)8-12-6-4-3-5-7-12;1-2-6-3-4-7(8)9-5-6;;;;;/h3-7,9,11,13,15H,12,14H2,1-2H3,(H2,25,26);2*1-15H;3-7,10H,8-9H2,1-2H3;1,3-5H,(H2,8,9);2*1H;;1H;/q;;;;;;;+1;;+2/p-3/t15-;;;10-;;;;;;/m0..0....../s1. The van der Waals surface area contributed by atoms with E-state index in [1.165, 1.54) is 64.6 Å². The Labute approximate surface area is 675 Å². The summed E-state index contributed by atoms with van der Waals surface area (Å²) < 4.78 is 17.6. The van der Waals surface area contributed by atoms with Gasteiger partial charge >= 0.3 is 68.1 Å². The Morgan fingerprint density at radius 1 is 0.491 bits per heavy atom. The number of hydrogen-bond donors (Lipinski definition) is 2. The molecule has 8 aromatic carbocycles. The summed E-state index contributed by atoms with van der Waals surface area (Å²) in [6.07, 6.45) is 9.83. The van der Waals surface area contributed by atoms with E-state index in [1.807, 2.05) is 45.9 Å². The van der Waals surface area contributed by atoms with Crippen LogP contribution in [-0.2, 0) is 64.2 Å². The number of anilines is 2. The number of nitrogen functional groups attached to an aromatic ring is 2. The van der Waals surface area contributed by atoms with Crippen LogP contribution in [-0.4, -0.2) is 39.5 Å². The first-order valence-electron chi connectivity index (χ1n) is 33.3. The maximum absolute atomic E-state index is 6.15. The molecule has 6 aromatic heterocycles. The van der Waals surface area contributed by atoms with Gasteiger partial charge < -0.3 is 20.9 Å². The SMILES string of the molecule is C#Cc1ccc(N)nc1.Cc1nnc2n1-c1sc(Br)c(Cc3ccccc3)c1CO[C@H]2C.Cc1nnc2n1-c1sc(C#Cc3ccc(N)nc3)c(Cc3ccccc3)c1CO[C@H]2C.[Cl][Pd][Cl].[Cu][I].c1ccc(P(c2ccccc2)c2ccccc2)cc1.c1ccc(P(c2ccccc2)c2ccccc2)cc1. The Kier molecular flexibility index (Phi) is 32.1. The van der Waals surface area contributed by atoms with E-state index < -0.39 is 15.8 Å². The number of ether oxygens (including phenoxy) is 2. The number of thiophene rings is 2. The monoisotopic (exact) mass is 1820 g/mol. The molecule has 0 bridgehead atoms. The summed E-state index contributed by atoms with van der Waals surface area (Å²) in [5.74, 6) is 13.5. The summed E-state index contributed by atoms with van der Waals surface area (Å²) in [6.45, 7) is 9.13. The van der Waals surface area contributed by atoms with Gasteiger partial charge in [0.2, 0.25) is 0 Å². The number of aromatic nitrogens is 8. The molecule has 106 heavy (non-hydrogen) atoms. The molecular weight excluding hydrogens is 1750 g/mol. The van der Waals surface area contributed by atoms with Crippen molar-refractivity contribution in [2.45, 2.75) is 66.0 Å². The normalized spacial score (nSPS) is 12.7. The van der Waals surface area contributed by atoms with Gasteiger partial charge in [0.25, 0.3) is 0 Å². The second-order valence-electron chi connectivity index (χ2n) is 23.5. The number of rotatable bonds is 10. The van der Waals surface area contributed by atoms with Crippen LogP contribution in [0.2, 0.25) is 0 Å². The molecule has 2 aliphatic heterocycles. The number of benzene rings is 8. The fraction of sp³-hybridized carbons (Fsp3) is 0.119. The van der Waals surface area contributed by atoms with Crippen molar-refractivity contribution >= 4 is 137 Å². The number of hydrogen-bond acceptors (Lipinski definition) is 12. The first kappa shape index (κ1) is 80.7. The Morgan fingerprint density at radius 2 is 0.811 bits per heavy atom. The van der Waals surface area contributed by atoms with Gasteiger partial charge in [0.15, 0.2) is 11.6 Å². The predicted octanol–water partition coefficient (Wildman–Crippen LogP) is 18.6. The zero-order valence-corrected chi connectivity index (χ0v) is 69.2. The minimum atomic E-state index is -0.446. The third kappa shape index (κ3) is 22.0. The average Bonchev–Trinajstić information content (AvgIpc) is 1.61. The molecule has 0 saturated carbocycles. The minimum absolute atomic E-state index is 0.0563. The second-order valence-corrected chi connectivity index (χ2v) is 33.6.